The highest BCUT2D eigenvalue weighted by atomic mass is 16.7. The molecule has 0 N–H and O–H groups in total. The number of hydrogen-bond acceptors (Lipinski definition) is 9. The summed E-state index contributed by atoms with van der Waals surface area (Å²) in [6, 6.07) is 17.9. The Morgan fingerprint density at radius 2 is 1.78 bits per heavy atom. The van der Waals surface area contributed by atoms with Crippen molar-refractivity contribution in [3.8, 4) is 0 Å². The minimum Gasteiger partial charge on any atom is -0.376 e. The molecule has 5 rings (SSSR count). The third-order valence-corrected chi connectivity index (χ3v) is 5.94. The van der Waals surface area contributed by atoms with E-state index in [1.807, 2.05) is 26.0 Å². The van der Waals surface area contributed by atoms with Crippen molar-refractivity contribution >= 4 is 27.9 Å². The maximum Gasteiger partial charge on any atom is 0.360 e. The number of rotatable bonds is 9. The smallest absolute Gasteiger partial charge is 0.360 e. The van der Waals surface area contributed by atoms with E-state index in [1.54, 1.807) is 18.3 Å². The van der Waals surface area contributed by atoms with Gasteiger partial charge < -0.3 is 23.8 Å². The highest BCUT2D eigenvalue weighted by Crippen LogP contribution is 2.31. The van der Waals surface area contributed by atoms with Gasteiger partial charge in [-0.1, -0.05) is 36.4 Å². The lowest BCUT2D eigenvalue weighted by Gasteiger charge is -2.42. The van der Waals surface area contributed by atoms with Crippen molar-refractivity contribution in [1.29, 1.82) is 0 Å². The molecule has 36 heavy (non-hydrogen) atoms. The average Bonchev–Trinajstić information content (AvgIpc) is 3.28. The molecule has 0 unspecified atom stereocenters. The number of ether oxygens (including phenoxy) is 4. The molecule has 10 nitrogen and oxygen atoms in total. The molecule has 1 aliphatic rings. The van der Waals surface area contributed by atoms with Gasteiger partial charge in [0.1, 0.15) is 12.1 Å². The lowest BCUT2D eigenvalue weighted by molar-refractivity contribution is -0.299. The molecule has 0 bridgehead atoms. The van der Waals surface area contributed by atoms with Gasteiger partial charge >= 0.3 is 5.97 Å². The van der Waals surface area contributed by atoms with Gasteiger partial charge in [-0.15, -0.1) is 5.10 Å². The molecule has 2 aromatic heterocycles. The minimum atomic E-state index is -0.693. The molecule has 0 atom stereocenters. The summed E-state index contributed by atoms with van der Waals surface area (Å²) in [4.78, 5) is 22.7. The van der Waals surface area contributed by atoms with Gasteiger partial charge in [-0.05, 0) is 58.4 Å². The first-order valence-electron chi connectivity index (χ1n) is 11.7. The molecule has 0 amide bonds. The van der Waals surface area contributed by atoms with Gasteiger partial charge in [-0.3, -0.25) is 0 Å². The Balaban J connectivity index is 1.17. The summed E-state index contributed by atoms with van der Waals surface area (Å²) in [5.74, 6) is -1.32. The first-order chi connectivity index (χ1) is 17.4. The lowest BCUT2D eigenvalue weighted by Crippen LogP contribution is -2.51. The van der Waals surface area contributed by atoms with Crippen LogP contribution in [-0.4, -0.2) is 64.9 Å². The highest BCUT2D eigenvalue weighted by Gasteiger charge is 2.41. The largest absolute Gasteiger partial charge is 0.376 e. The van der Waals surface area contributed by atoms with Crippen molar-refractivity contribution in [2.45, 2.75) is 26.2 Å². The number of carbonyl (C=O) groups excluding carboxylic acids is 1. The van der Waals surface area contributed by atoms with Gasteiger partial charge in [0.25, 0.3) is 0 Å². The zero-order valence-corrected chi connectivity index (χ0v) is 20.3. The fourth-order valence-corrected chi connectivity index (χ4v) is 3.94. The maximum atomic E-state index is 12.4. The molecule has 1 saturated heterocycles. The average molecular weight is 493 g/mol. The van der Waals surface area contributed by atoms with Gasteiger partial charge in [0.2, 0.25) is 5.65 Å². The van der Waals surface area contributed by atoms with Crippen LogP contribution in [-0.2, 0) is 30.3 Å². The van der Waals surface area contributed by atoms with Crippen molar-refractivity contribution in [1.82, 2.24) is 20.1 Å². The van der Waals surface area contributed by atoms with Crippen molar-refractivity contribution in [3.63, 3.8) is 0 Å². The monoisotopic (exact) mass is 492 g/mol. The number of pyridine rings is 1. The first-order valence-corrected chi connectivity index (χ1v) is 11.7. The molecule has 3 heterocycles. The van der Waals surface area contributed by atoms with E-state index in [1.165, 1.54) is 5.39 Å². The summed E-state index contributed by atoms with van der Waals surface area (Å²) < 4.78 is 23.6. The molecule has 0 aliphatic carbocycles. The van der Waals surface area contributed by atoms with Crippen molar-refractivity contribution in [3.05, 3.63) is 66.4 Å². The first kappa shape index (κ1) is 24.3. The Kier molecular flexibility index (Phi) is 6.92. The van der Waals surface area contributed by atoms with Crippen LogP contribution in [0.15, 0.2) is 60.8 Å². The van der Waals surface area contributed by atoms with Crippen LogP contribution in [0.25, 0.3) is 21.9 Å². The lowest BCUT2D eigenvalue weighted by atomic mass is 9.91. The molecule has 4 aromatic rings. The summed E-state index contributed by atoms with van der Waals surface area (Å²) in [5, 5.41) is 10.1. The highest BCUT2D eigenvalue weighted by molar-refractivity contribution is 5.82. The number of carbonyl (C=O) groups is 1. The molecule has 1 aliphatic heterocycles. The number of fused-ring (bicyclic) bond motifs is 2. The van der Waals surface area contributed by atoms with Crippen molar-refractivity contribution in [2.24, 2.45) is 5.41 Å². The summed E-state index contributed by atoms with van der Waals surface area (Å²) in [7, 11) is 0. The van der Waals surface area contributed by atoms with Gasteiger partial charge in [0.05, 0.1) is 38.4 Å². The minimum absolute atomic E-state index is 0.187. The normalized spacial score (nSPS) is 16.8. The third kappa shape index (κ3) is 5.68. The quantitative estimate of drug-likeness (QED) is 0.326. The second-order valence-electron chi connectivity index (χ2n) is 9.42. The van der Waals surface area contributed by atoms with Gasteiger partial charge in [0, 0.05) is 6.20 Å². The Hall–Kier alpha value is -3.44. The second kappa shape index (κ2) is 10.3. The zero-order valence-electron chi connectivity index (χ0n) is 20.3. The Morgan fingerprint density at radius 1 is 1.00 bits per heavy atom. The van der Waals surface area contributed by atoms with E-state index < -0.39 is 17.2 Å². The Labute approximate surface area is 208 Å². The third-order valence-electron chi connectivity index (χ3n) is 5.94. The van der Waals surface area contributed by atoms with Gasteiger partial charge in [-0.25, -0.2) is 9.78 Å². The molecule has 0 radical (unpaired) electrons. The van der Waals surface area contributed by atoms with Crippen LogP contribution >= 0.6 is 0 Å². The van der Waals surface area contributed by atoms with E-state index in [4.69, 9.17) is 23.8 Å². The summed E-state index contributed by atoms with van der Waals surface area (Å²) in [6.45, 7) is 5.13. The second-order valence-corrected chi connectivity index (χ2v) is 9.42. The van der Waals surface area contributed by atoms with E-state index >= 15 is 0 Å². The van der Waals surface area contributed by atoms with Crippen LogP contribution in [0.2, 0.25) is 0 Å². The van der Waals surface area contributed by atoms with Gasteiger partial charge in [0.15, 0.2) is 5.79 Å². The standard InChI is InChI=1S/C26H28N4O6/c1-25(2)34-17-26(18-35-25,15-32-13-19-9-10-20-6-3-4-7-21(20)12-19)16-33-14-23(31)36-30-24-22(28-29-30)8-5-11-27-24/h3-12H,13-18H2,1-2H3. The number of hydrogen-bond donors (Lipinski definition) is 0. The summed E-state index contributed by atoms with van der Waals surface area (Å²) in [6.07, 6.45) is 1.57. The van der Waals surface area contributed by atoms with E-state index in [2.05, 4.69) is 45.6 Å². The number of benzene rings is 2. The zero-order chi connectivity index (χ0) is 25.0. The molecule has 1 fully saturated rings. The molecule has 188 valence electrons. The molecular weight excluding hydrogens is 464 g/mol. The van der Waals surface area contributed by atoms with Crippen LogP contribution in [0.5, 0.6) is 0 Å². The predicted molar refractivity (Wildman–Crippen MR) is 130 cm³/mol. The van der Waals surface area contributed by atoms with Crippen LogP contribution in [0.1, 0.15) is 19.4 Å². The fourth-order valence-electron chi connectivity index (χ4n) is 3.94. The molecule has 0 spiro atoms. The van der Waals surface area contributed by atoms with Crippen LogP contribution in [0.3, 0.4) is 0 Å². The van der Waals surface area contributed by atoms with Gasteiger partial charge in [-0.2, -0.15) is 0 Å². The summed E-state index contributed by atoms with van der Waals surface area (Å²) in [5.41, 5.74) is 1.36. The molecule has 2 aromatic carbocycles. The Morgan fingerprint density at radius 3 is 2.61 bits per heavy atom. The van der Waals surface area contributed by atoms with E-state index in [0.29, 0.717) is 37.6 Å². The fraction of sp³-hybridized carbons (Fsp3) is 0.385. The topological polar surface area (TPSA) is 107 Å². The summed E-state index contributed by atoms with van der Waals surface area (Å²) >= 11 is 0. The Bertz CT molecular complexity index is 1340. The van der Waals surface area contributed by atoms with E-state index in [-0.39, 0.29) is 13.2 Å². The predicted octanol–water partition coefficient (Wildman–Crippen LogP) is 2.94. The molecule has 10 heteroatoms. The van der Waals surface area contributed by atoms with Crippen LogP contribution < -0.4 is 4.84 Å². The van der Waals surface area contributed by atoms with E-state index in [9.17, 15) is 4.79 Å². The number of aromatic nitrogens is 4. The van der Waals surface area contributed by atoms with Crippen molar-refractivity contribution < 1.29 is 28.6 Å². The van der Waals surface area contributed by atoms with E-state index in [0.717, 1.165) is 15.8 Å². The SMILES string of the molecule is CC1(C)OCC(COCC(=O)On2nnc3cccnc32)(COCc2ccc3ccccc3c2)CO1. The van der Waals surface area contributed by atoms with Crippen LogP contribution in [0.4, 0.5) is 0 Å². The molecule has 0 saturated carbocycles. The maximum absolute atomic E-state index is 12.4. The molecular formula is C26H28N4O6. The van der Waals surface area contributed by atoms with Crippen LogP contribution in [0, 0.1) is 5.41 Å². The number of nitrogens with zero attached hydrogens (tertiary/aromatic N) is 4. The van der Waals surface area contributed by atoms with Crippen molar-refractivity contribution in [2.75, 3.05) is 33.0 Å².